The summed E-state index contributed by atoms with van der Waals surface area (Å²) in [4.78, 5) is 11.5. The van der Waals surface area contributed by atoms with Gasteiger partial charge in [0.15, 0.2) is 0 Å². The molecule has 1 aromatic carbocycles. The Hall–Kier alpha value is -1.55. The Morgan fingerprint density at radius 3 is 3.00 bits per heavy atom. The highest BCUT2D eigenvalue weighted by Gasteiger charge is 2.25. The highest BCUT2D eigenvalue weighted by atomic mass is 16.5. The van der Waals surface area contributed by atoms with Crippen molar-refractivity contribution in [3.05, 3.63) is 23.3 Å². The zero-order valence-corrected chi connectivity index (χ0v) is 10.6. The second kappa shape index (κ2) is 4.61. The molecule has 0 bridgehead atoms. The number of piperidine rings is 1. The van der Waals surface area contributed by atoms with Crippen molar-refractivity contribution >= 4 is 11.6 Å². The number of anilines is 1. The zero-order valence-electron chi connectivity index (χ0n) is 10.6. The first-order valence-corrected chi connectivity index (χ1v) is 6.49. The van der Waals surface area contributed by atoms with Crippen LogP contribution >= 0.6 is 0 Å². The minimum atomic E-state index is 0.0576. The predicted octanol–water partition coefficient (Wildman–Crippen LogP) is 1.66. The van der Waals surface area contributed by atoms with Gasteiger partial charge in [-0.3, -0.25) is 4.79 Å². The van der Waals surface area contributed by atoms with E-state index >= 15 is 0 Å². The van der Waals surface area contributed by atoms with E-state index in [1.54, 1.807) is 7.11 Å². The van der Waals surface area contributed by atoms with Gasteiger partial charge in [-0.2, -0.15) is 0 Å². The van der Waals surface area contributed by atoms with Crippen molar-refractivity contribution in [2.24, 2.45) is 0 Å². The molecule has 1 fully saturated rings. The van der Waals surface area contributed by atoms with E-state index in [1.165, 1.54) is 18.4 Å². The van der Waals surface area contributed by atoms with Crippen LogP contribution in [0.4, 0.5) is 5.69 Å². The number of amides is 1. The Morgan fingerprint density at radius 1 is 1.39 bits per heavy atom. The average Bonchev–Trinajstić information content (AvgIpc) is 2.78. The number of ether oxygens (including phenoxy) is 1. The van der Waals surface area contributed by atoms with E-state index in [-0.39, 0.29) is 5.91 Å². The monoisotopic (exact) mass is 246 g/mol. The van der Waals surface area contributed by atoms with Crippen molar-refractivity contribution in [1.29, 1.82) is 0 Å². The first-order valence-electron chi connectivity index (χ1n) is 6.49. The fourth-order valence-corrected chi connectivity index (χ4v) is 2.87. The van der Waals surface area contributed by atoms with Gasteiger partial charge in [0, 0.05) is 6.54 Å². The van der Waals surface area contributed by atoms with Gasteiger partial charge >= 0.3 is 0 Å². The second-order valence-corrected chi connectivity index (χ2v) is 5.03. The van der Waals surface area contributed by atoms with Gasteiger partial charge < -0.3 is 15.4 Å². The van der Waals surface area contributed by atoms with Crippen LogP contribution in [0.3, 0.4) is 0 Å². The summed E-state index contributed by atoms with van der Waals surface area (Å²) in [5.41, 5.74) is 3.21. The lowest BCUT2D eigenvalue weighted by Gasteiger charge is -2.24. The molecule has 0 aromatic heterocycles. The summed E-state index contributed by atoms with van der Waals surface area (Å²) in [7, 11) is 1.66. The van der Waals surface area contributed by atoms with Crippen LogP contribution in [0.25, 0.3) is 0 Å². The fourth-order valence-electron chi connectivity index (χ4n) is 2.87. The largest absolute Gasteiger partial charge is 0.495 e. The predicted molar refractivity (Wildman–Crippen MR) is 70.2 cm³/mol. The minimum Gasteiger partial charge on any atom is -0.495 e. The van der Waals surface area contributed by atoms with Gasteiger partial charge in [-0.15, -0.1) is 0 Å². The Labute approximate surface area is 107 Å². The SMILES string of the molecule is COc1cc(C2CCCNC2)cc2c1NC(=O)C2. The number of rotatable bonds is 2. The lowest BCUT2D eigenvalue weighted by molar-refractivity contribution is -0.115. The summed E-state index contributed by atoms with van der Waals surface area (Å²) in [6, 6.07) is 4.23. The van der Waals surface area contributed by atoms with E-state index in [2.05, 4.69) is 22.8 Å². The highest BCUT2D eigenvalue weighted by molar-refractivity contribution is 6.01. The maximum Gasteiger partial charge on any atom is 0.228 e. The number of methoxy groups -OCH3 is 1. The van der Waals surface area contributed by atoms with Crippen molar-refractivity contribution in [3.8, 4) is 5.75 Å². The zero-order chi connectivity index (χ0) is 12.5. The molecule has 1 atom stereocenters. The quantitative estimate of drug-likeness (QED) is 0.834. The van der Waals surface area contributed by atoms with Crippen LogP contribution in [0.15, 0.2) is 12.1 Å². The molecule has 3 rings (SSSR count). The molecule has 18 heavy (non-hydrogen) atoms. The maximum absolute atomic E-state index is 11.5. The van der Waals surface area contributed by atoms with Gasteiger partial charge in [0.1, 0.15) is 5.75 Å². The van der Waals surface area contributed by atoms with Crippen LogP contribution in [0.5, 0.6) is 5.75 Å². The van der Waals surface area contributed by atoms with Crippen molar-refractivity contribution in [1.82, 2.24) is 5.32 Å². The normalized spacial score (nSPS) is 22.5. The van der Waals surface area contributed by atoms with Crippen LogP contribution < -0.4 is 15.4 Å². The highest BCUT2D eigenvalue weighted by Crippen LogP contribution is 2.37. The standard InChI is InChI=1S/C14H18N2O2/c1-18-12-6-10(9-3-2-4-15-8-9)5-11-7-13(17)16-14(11)12/h5-6,9,15H,2-4,7-8H2,1H3,(H,16,17). The first kappa shape index (κ1) is 11.5. The van der Waals surface area contributed by atoms with Crippen LogP contribution in [-0.2, 0) is 11.2 Å². The van der Waals surface area contributed by atoms with Gasteiger partial charge in [0.05, 0.1) is 19.2 Å². The Balaban J connectivity index is 1.96. The summed E-state index contributed by atoms with van der Waals surface area (Å²) in [6.07, 6.45) is 2.89. The number of hydrogen-bond donors (Lipinski definition) is 2. The molecule has 1 aromatic rings. The molecule has 0 spiro atoms. The van der Waals surface area contributed by atoms with Crippen LogP contribution in [-0.4, -0.2) is 26.1 Å². The van der Waals surface area contributed by atoms with E-state index in [4.69, 9.17) is 4.74 Å². The van der Waals surface area contributed by atoms with Gasteiger partial charge in [0.2, 0.25) is 5.91 Å². The molecule has 2 aliphatic heterocycles. The van der Waals surface area contributed by atoms with Gasteiger partial charge in [-0.1, -0.05) is 6.07 Å². The van der Waals surface area contributed by atoms with E-state index in [1.807, 2.05) is 0 Å². The van der Waals surface area contributed by atoms with Gasteiger partial charge in [-0.05, 0) is 42.5 Å². The van der Waals surface area contributed by atoms with Crippen molar-refractivity contribution in [3.63, 3.8) is 0 Å². The topological polar surface area (TPSA) is 50.4 Å². The van der Waals surface area contributed by atoms with Crippen LogP contribution in [0.2, 0.25) is 0 Å². The summed E-state index contributed by atoms with van der Waals surface area (Å²) in [5, 5.41) is 6.29. The molecule has 1 unspecified atom stereocenters. The maximum atomic E-state index is 11.5. The molecule has 0 saturated carbocycles. The Kier molecular flexibility index (Phi) is 2.96. The van der Waals surface area contributed by atoms with Gasteiger partial charge in [-0.25, -0.2) is 0 Å². The molecule has 2 heterocycles. The number of fused-ring (bicyclic) bond motifs is 1. The summed E-state index contributed by atoms with van der Waals surface area (Å²) in [6.45, 7) is 2.13. The summed E-state index contributed by atoms with van der Waals surface area (Å²) in [5.74, 6) is 1.38. The molecule has 2 aliphatic rings. The van der Waals surface area contributed by atoms with Gasteiger partial charge in [0.25, 0.3) is 0 Å². The molecule has 1 saturated heterocycles. The molecule has 0 radical (unpaired) electrons. The number of carbonyl (C=O) groups is 1. The summed E-state index contributed by atoms with van der Waals surface area (Å²) >= 11 is 0. The summed E-state index contributed by atoms with van der Waals surface area (Å²) < 4.78 is 5.40. The van der Waals surface area contributed by atoms with Crippen LogP contribution in [0, 0.1) is 0 Å². The molecule has 0 aliphatic carbocycles. The molecule has 2 N–H and O–H groups in total. The number of nitrogens with one attached hydrogen (secondary N) is 2. The van der Waals surface area contributed by atoms with Crippen molar-refractivity contribution < 1.29 is 9.53 Å². The smallest absolute Gasteiger partial charge is 0.228 e. The lowest BCUT2D eigenvalue weighted by Crippen LogP contribution is -2.28. The average molecular weight is 246 g/mol. The lowest BCUT2D eigenvalue weighted by atomic mass is 9.90. The van der Waals surface area contributed by atoms with E-state index < -0.39 is 0 Å². The molecular formula is C14H18N2O2. The fraction of sp³-hybridized carbons (Fsp3) is 0.500. The third-order valence-corrected chi connectivity index (χ3v) is 3.81. The molecule has 1 amide bonds. The van der Waals surface area contributed by atoms with E-state index in [0.717, 1.165) is 30.1 Å². The number of hydrogen-bond acceptors (Lipinski definition) is 3. The Bertz CT molecular complexity index is 479. The first-order chi connectivity index (χ1) is 8.78. The second-order valence-electron chi connectivity index (χ2n) is 5.03. The number of benzene rings is 1. The minimum absolute atomic E-state index is 0.0576. The van der Waals surface area contributed by atoms with E-state index in [9.17, 15) is 4.79 Å². The molecule has 4 nitrogen and oxygen atoms in total. The molecule has 4 heteroatoms. The third-order valence-electron chi connectivity index (χ3n) is 3.81. The molecule has 96 valence electrons. The van der Waals surface area contributed by atoms with E-state index in [0.29, 0.717) is 12.3 Å². The third kappa shape index (κ3) is 1.97. The van der Waals surface area contributed by atoms with Crippen LogP contribution in [0.1, 0.15) is 29.9 Å². The Morgan fingerprint density at radius 2 is 2.28 bits per heavy atom. The van der Waals surface area contributed by atoms with Crippen molar-refractivity contribution in [2.75, 3.05) is 25.5 Å². The molecular weight excluding hydrogens is 228 g/mol. The van der Waals surface area contributed by atoms with Crippen molar-refractivity contribution in [2.45, 2.75) is 25.2 Å². The number of carbonyl (C=O) groups excluding carboxylic acids is 1.